The second-order valence-electron chi connectivity index (χ2n) is 11.8. The Morgan fingerprint density at radius 3 is 2.69 bits per heavy atom. The highest BCUT2D eigenvalue weighted by Crippen LogP contribution is 2.35. The molecule has 45 heavy (non-hydrogen) atoms. The molecule has 1 atom stereocenters. The summed E-state index contributed by atoms with van der Waals surface area (Å²) in [6.45, 7) is 8.59. The van der Waals surface area contributed by atoms with E-state index in [9.17, 15) is 14.0 Å². The summed E-state index contributed by atoms with van der Waals surface area (Å²) < 4.78 is 16.2. The van der Waals surface area contributed by atoms with E-state index >= 15 is 0 Å². The largest absolute Gasteiger partial charge is 0.377 e. The van der Waals surface area contributed by atoms with Gasteiger partial charge in [0.25, 0.3) is 5.56 Å². The fourth-order valence-corrected chi connectivity index (χ4v) is 6.58. The molecular weight excluding hydrogens is 593 g/mol. The van der Waals surface area contributed by atoms with Crippen molar-refractivity contribution in [1.82, 2.24) is 24.3 Å². The lowest BCUT2D eigenvalue weighted by Crippen LogP contribution is -2.43. The van der Waals surface area contributed by atoms with Gasteiger partial charge in [-0.1, -0.05) is 30.7 Å². The number of aromatic nitrogens is 3. The number of fused-ring (bicyclic) bond motifs is 1. The lowest BCUT2D eigenvalue weighted by molar-refractivity contribution is -0.132. The fourth-order valence-electron chi connectivity index (χ4n) is 6.36. The number of likely N-dealkylation sites (tertiary alicyclic amines) is 1. The molecule has 2 aliphatic rings. The zero-order chi connectivity index (χ0) is 31.8. The van der Waals surface area contributed by atoms with Gasteiger partial charge in [-0.05, 0) is 62.1 Å². The highest BCUT2D eigenvalue weighted by molar-refractivity contribution is 6.33. The summed E-state index contributed by atoms with van der Waals surface area (Å²) in [4.78, 5) is 42.8. The van der Waals surface area contributed by atoms with E-state index in [1.807, 2.05) is 19.9 Å². The smallest absolute Gasteiger partial charge is 0.260 e. The number of likely N-dealkylation sites (N-methyl/N-ethyl adjacent to an activating group) is 1. The van der Waals surface area contributed by atoms with Crippen LogP contribution in [0.15, 0.2) is 59.8 Å². The van der Waals surface area contributed by atoms with Gasteiger partial charge in [0.15, 0.2) is 0 Å². The molecule has 0 radical (unpaired) electrons. The third-order valence-electron chi connectivity index (χ3n) is 8.80. The van der Waals surface area contributed by atoms with E-state index in [0.29, 0.717) is 59.6 Å². The molecule has 0 spiro atoms. The summed E-state index contributed by atoms with van der Waals surface area (Å²) in [5.41, 5.74) is 4.41. The minimum atomic E-state index is -0.599. The predicted octanol–water partition coefficient (Wildman–Crippen LogP) is 6.41. The van der Waals surface area contributed by atoms with Crippen molar-refractivity contribution in [3.05, 3.63) is 87.3 Å². The molecule has 0 unspecified atom stereocenters. The maximum atomic E-state index is 14.6. The van der Waals surface area contributed by atoms with Gasteiger partial charge in [-0.15, -0.1) is 0 Å². The molecule has 2 aliphatic heterocycles. The van der Waals surface area contributed by atoms with Crippen LogP contribution in [0.2, 0.25) is 5.02 Å². The molecule has 6 rings (SSSR count). The van der Waals surface area contributed by atoms with Crippen LogP contribution in [-0.2, 0) is 4.79 Å². The number of carbonyl (C=O) groups is 1. The Morgan fingerprint density at radius 1 is 1.13 bits per heavy atom. The van der Waals surface area contributed by atoms with Crippen LogP contribution < -0.4 is 15.8 Å². The first-order valence-electron chi connectivity index (χ1n) is 15.3. The molecule has 234 valence electrons. The SMILES string of the molecule is CCC(=O)N1CCC[C@H](n2c(=O)c(-c3cccc(F)c3Cl)c(C)c3cnc(Nc4ccc(N5C=CN(C)CC5)c(C)c4)nc32)C1. The van der Waals surface area contributed by atoms with Crippen LogP contribution in [0.1, 0.15) is 43.4 Å². The molecule has 4 aromatic rings. The van der Waals surface area contributed by atoms with E-state index < -0.39 is 5.82 Å². The van der Waals surface area contributed by atoms with E-state index in [4.69, 9.17) is 16.6 Å². The van der Waals surface area contributed by atoms with Crippen LogP contribution in [0.25, 0.3) is 22.2 Å². The molecule has 11 heteroatoms. The minimum Gasteiger partial charge on any atom is -0.377 e. The summed E-state index contributed by atoms with van der Waals surface area (Å²) in [5.74, 6) is -0.214. The molecule has 1 fully saturated rings. The van der Waals surface area contributed by atoms with Gasteiger partial charge in [0.1, 0.15) is 11.5 Å². The van der Waals surface area contributed by atoms with E-state index in [-0.39, 0.29) is 22.5 Å². The van der Waals surface area contributed by atoms with Crippen LogP contribution in [0.5, 0.6) is 0 Å². The Labute approximate surface area is 266 Å². The van der Waals surface area contributed by atoms with Crippen molar-refractivity contribution in [2.45, 2.75) is 46.1 Å². The average molecular weight is 630 g/mol. The van der Waals surface area contributed by atoms with E-state index in [2.05, 4.69) is 58.6 Å². The quantitative estimate of drug-likeness (QED) is 0.264. The summed E-state index contributed by atoms with van der Waals surface area (Å²) in [5, 5.41) is 3.87. The van der Waals surface area contributed by atoms with Gasteiger partial charge in [-0.25, -0.2) is 9.37 Å². The monoisotopic (exact) mass is 629 g/mol. The maximum absolute atomic E-state index is 14.6. The number of piperidine rings is 1. The molecule has 0 aliphatic carbocycles. The van der Waals surface area contributed by atoms with E-state index in [1.165, 1.54) is 6.07 Å². The molecular formula is C34H37ClFN7O2. The van der Waals surface area contributed by atoms with Gasteiger partial charge < -0.3 is 20.0 Å². The van der Waals surface area contributed by atoms with Crippen LogP contribution in [0, 0.1) is 19.7 Å². The van der Waals surface area contributed by atoms with Gasteiger partial charge in [0, 0.05) is 80.6 Å². The number of nitrogens with one attached hydrogen (secondary N) is 1. The average Bonchev–Trinajstić information content (AvgIpc) is 3.03. The number of benzene rings is 2. The number of carbonyl (C=O) groups excluding carboxylic acids is 1. The first-order valence-corrected chi connectivity index (χ1v) is 15.7. The molecule has 1 amide bonds. The number of hydrogen-bond acceptors (Lipinski definition) is 7. The van der Waals surface area contributed by atoms with Crippen molar-refractivity contribution < 1.29 is 9.18 Å². The molecule has 9 nitrogen and oxygen atoms in total. The number of hydrogen-bond donors (Lipinski definition) is 1. The van der Waals surface area contributed by atoms with Crippen LogP contribution >= 0.6 is 11.6 Å². The van der Waals surface area contributed by atoms with Crippen LogP contribution in [-0.4, -0.2) is 63.5 Å². The van der Waals surface area contributed by atoms with E-state index in [0.717, 1.165) is 36.4 Å². The summed E-state index contributed by atoms with van der Waals surface area (Å²) >= 11 is 6.41. The van der Waals surface area contributed by atoms with Gasteiger partial charge in [0.2, 0.25) is 11.9 Å². The molecule has 2 aromatic heterocycles. The summed E-state index contributed by atoms with van der Waals surface area (Å²) in [6.07, 6.45) is 7.67. The molecule has 1 N–H and O–H groups in total. The van der Waals surface area contributed by atoms with Crippen molar-refractivity contribution in [3.8, 4) is 11.1 Å². The number of amides is 1. The van der Waals surface area contributed by atoms with Crippen molar-refractivity contribution >= 4 is 45.9 Å². The highest BCUT2D eigenvalue weighted by Gasteiger charge is 2.29. The number of nitrogens with zero attached hydrogens (tertiary/aromatic N) is 6. The van der Waals surface area contributed by atoms with E-state index in [1.54, 1.807) is 27.8 Å². The van der Waals surface area contributed by atoms with Crippen LogP contribution in [0.4, 0.5) is 21.7 Å². The first kappa shape index (κ1) is 30.6. The lowest BCUT2D eigenvalue weighted by atomic mass is 9.98. The van der Waals surface area contributed by atoms with Crippen molar-refractivity contribution in [3.63, 3.8) is 0 Å². The number of rotatable bonds is 6. The van der Waals surface area contributed by atoms with Gasteiger partial charge in [0.05, 0.1) is 16.6 Å². The lowest BCUT2D eigenvalue weighted by Gasteiger charge is -2.34. The first-order chi connectivity index (χ1) is 21.7. The standard InChI is InChI=1S/C34H37ClFN7O2/c1-5-29(44)42-13-7-8-24(20-42)43-32-26(22(3)30(33(43)45)25-9-6-10-27(36)31(25)35)19-37-34(39-32)38-23-11-12-28(21(2)18-23)41-16-14-40(4)15-17-41/h6,9-12,14,16,18-19,24H,5,7-8,13,15,17,20H2,1-4H3,(H,37,38,39)/t24-/m0/s1. The fraction of sp³-hybridized carbons (Fsp3) is 0.353. The Balaban J connectivity index is 1.44. The van der Waals surface area contributed by atoms with Crippen molar-refractivity contribution in [1.29, 1.82) is 0 Å². The molecule has 0 bridgehead atoms. The Bertz CT molecular complexity index is 1870. The van der Waals surface area contributed by atoms with Crippen LogP contribution in [0.3, 0.4) is 0 Å². The number of pyridine rings is 1. The molecule has 4 heterocycles. The Hall–Kier alpha value is -4.44. The summed E-state index contributed by atoms with van der Waals surface area (Å²) in [7, 11) is 2.06. The zero-order valence-corrected chi connectivity index (χ0v) is 26.7. The molecule has 0 saturated carbocycles. The number of aryl methyl sites for hydroxylation is 2. The highest BCUT2D eigenvalue weighted by atomic mass is 35.5. The van der Waals surface area contributed by atoms with Gasteiger partial charge >= 0.3 is 0 Å². The predicted molar refractivity (Wildman–Crippen MR) is 178 cm³/mol. The summed E-state index contributed by atoms with van der Waals surface area (Å²) in [6, 6.07) is 10.3. The van der Waals surface area contributed by atoms with Crippen molar-refractivity contribution in [2.24, 2.45) is 0 Å². The van der Waals surface area contributed by atoms with Crippen molar-refractivity contribution in [2.75, 3.05) is 43.4 Å². The number of halogens is 2. The minimum absolute atomic E-state index is 0.0421. The Kier molecular flexibility index (Phi) is 8.50. The topological polar surface area (TPSA) is 86.6 Å². The third kappa shape index (κ3) is 5.86. The molecule has 2 aromatic carbocycles. The number of anilines is 3. The zero-order valence-electron chi connectivity index (χ0n) is 26.0. The molecule has 1 saturated heterocycles. The normalized spacial score (nSPS) is 16.8. The van der Waals surface area contributed by atoms with Gasteiger partial charge in [-0.2, -0.15) is 4.98 Å². The van der Waals surface area contributed by atoms with Gasteiger partial charge in [-0.3, -0.25) is 14.2 Å². The second kappa shape index (κ2) is 12.5. The maximum Gasteiger partial charge on any atom is 0.260 e. The third-order valence-corrected chi connectivity index (χ3v) is 9.19. The Morgan fingerprint density at radius 2 is 1.96 bits per heavy atom. The second-order valence-corrected chi connectivity index (χ2v) is 12.2.